The highest BCUT2D eigenvalue weighted by molar-refractivity contribution is 6.31. The minimum atomic E-state index is -0.433. The highest BCUT2D eigenvalue weighted by atomic mass is 16.2. The Kier molecular flexibility index (Phi) is 6.50. The van der Waals surface area contributed by atoms with Crippen LogP contribution in [0.15, 0.2) is 72.9 Å². The van der Waals surface area contributed by atoms with Gasteiger partial charge in [0.15, 0.2) is 0 Å². The molecule has 0 aromatic heterocycles. The van der Waals surface area contributed by atoms with Gasteiger partial charge in [0, 0.05) is 46.6 Å². The summed E-state index contributed by atoms with van der Waals surface area (Å²) in [6.45, 7) is 3.28. The molecule has 0 atom stereocenters. The van der Waals surface area contributed by atoms with Crippen molar-refractivity contribution in [1.29, 1.82) is 0 Å². The Hall–Kier alpha value is -4.10. The SMILES string of the molecule is Nc1cccc(Nc2ccc3c(c2)/C(=C/Nc2ccc(CN4CCCCC4)cc2)C(=O)NC3=O)c1. The Morgan fingerprint density at radius 2 is 1.57 bits per heavy atom. The molecule has 2 aliphatic heterocycles. The third kappa shape index (κ3) is 5.36. The molecule has 3 aromatic carbocycles. The number of amides is 2. The lowest BCUT2D eigenvalue weighted by atomic mass is 9.94. The molecular formula is C28H29N5O2. The van der Waals surface area contributed by atoms with Crippen LogP contribution in [-0.4, -0.2) is 29.8 Å². The molecule has 5 rings (SSSR count). The van der Waals surface area contributed by atoms with E-state index in [1.807, 2.05) is 48.5 Å². The molecule has 0 spiro atoms. The molecule has 7 nitrogen and oxygen atoms in total. The summed E-state index contributed by atoms with van der Waals surface area (Å²) in [5.74, 6) is -0.836. The lowest BCUT2D eigenvalue weighted by Gasteiger charge is -2.26. The number of rotatable bonds is 6. The fourth-order valence-electron chi connectivity index (χ4n) is 4.57. The number of carbonyl (C=O) groups excluding carboxylic acids is 2. The molecule has 2 amide bonds. The molecule has 0 saturated carbocycles. The Morgan fingerprint density at radius 1 is 0.829 bits per heavy atom. The zero-order valence-corrected chi connectivity index (χ0v) is 19.5. The standard InChI is InChI=1S/C28H29N5O2/c29-20-5-4-6-22(15-20)31-23-11-12-24-25(16-23)26(28(35)32-27(24)34)17-30-21-9-7-19(8-10-21)18-33-13-2-1-3-14-33/h4-12,15-17,30-31H,1-3,13-14,18,29H2,(H,32,34,35)/b26-17-. The van der Waals surface area contributed by atoms with Crippen molar-refractivity contribution in [2.24, 2.45) is 0 Å². The number of hydrogen-bond donors (Lipinski definition) is 4. The maximum Gasteiger partial charge on any atom is 0.260 e. The molecule has 0 radical (unpaired) electrons. The number of imide groups is 1. The Labute approximate surface area is 205 Å². The van der Waals surface area contributed by atoms with E-state index in [9.17, 15) is 9.59 Å². The molecule has 35 heavy (non-hydrogen) atoms. The molecule has 0 unspecified atom stereocenters. The van der Waals surface area contributed by atoms with Crippen molar-refractivity contribution in [3.05, 3.63) is 89.6 Å². The number of anilines is 4. The van der Waals surface area contributed by atoms with E-state index in [1.54, 1.807) is 12.3 Å². The van der Waals surface area contributed by atoms with Crippen LogP contribution < -0.4 is 21.7 Å². The third-order valence-corrected chi connectivity index (χ3v) is 6.39. The number of hydrogen-bond acceptors (Lipinski definition) is 6. The molecule has 178 valence electrons. The molecule has 0 aliphatic carbocycles. The van der Waals surface area contributed by atoms with Gasteiger partial charge in [-0.15, -0.1) is 0 Å². The summed E-state index contributed by atoms with van der Waals surface area (Å²) in [6, 6.07) is 21.0. The number of nitrogens with two attached hydrogens (primary N) is 1. The second-order valence-electron chi connectivity index (χ2n) is 9.03. The van der Waals surface area contributed by atoms with E-state index in [2.05, 4.69) is 33.0 Å². The van der Waals surface area contributed by atoms with Crippen LogP contribution in [0.25, 0.3) is 5.57 Å². The van der Waals surface area contributed by atoms with Crippen LogP contribution in [-0.2, 0) is 11.3 Å². The van der Waals surface area contributed by atoms with Crippen LogP contribution in [0.2, 0.25) is 0 Å². The second kappa shape index (κ2) is 10.0. The monoisotopic (exact) mass is 467 g/mol. The number of nitrogens with one attached hydrogen (secondary N) is 3. The van der Waals surface area contributed by atoms with E-state index in [0.29, 0.717) is 22.4 Å². The highest BCUT2D eigenvalue weighted by Crippen LogP contribution is 2.29. The Bertz CT molecular complexity index is 1280. The largest absolute Gasteiger partial charge is 0.399 e. The van der Waals surface area contributed by atoms with Gasteiger partial charge in [-0.25, -0.2) is 0 Å². The second-order valence-corrected chi connectivity index (χ2v) is 9.03. The predicted molar refractivity (Wildman–Crippen MR) is 140 cm³/mol. The van der Waals surface area contributed by atoms with Gasteiger partial charge >= 0.3 is 0 Å². The number of benzene rings is 3. The molecule has 7 heteroatoms. The highest BCUT2D eigenvalue weighted by Gasteiger charge is 2.27. The van der Waals surface area contributed by atoms with Crippen molar-refractivity contribution in [2.45, 2.75) is 25.8 Å². The molecule has 2 aliphatic rings. The van der Waals surface area contributed by atoms with Crippen molar-refractivity contribution in [2.75, 3.05) is 29.5 Å². The summed E-state index contributed by atoms with van der Waals surface area (Å²) in [5, 5.41) is 8.93. The number of piperidine rings is 1. The minimum Gasteiger partial charge on any atom is -0.399 e. The molecule has 3 aromatic rings. The van der Waals surface area contributed by atoms with Crippen molar-refractivity contribution in [3.8, 4) is 0 Å². The fourth-order valence-corrected chi connectivity index (χ4v) is 4.57. The first-order valence-electron chi connectivity index (χ1n) is 12.0. The van der Waals surface area contributed by atoms with Gasteiger partial charge in [-0.1, -0.05) is 24.6 Å². The van der Waals surface area contributed by atoms with Gasteiger partial charge in [-0.2, -0.15) is 0 Å². The Balaban J connectivity index is 1.34. The smallest absolute Gasteiger partial charge is 0.260 e. The molecule has 2 heterocycles. The number of nitrogens with zero attached hydrogens (tertiary/aromatic N) is 1. The fraction of sp³-hybridized carbons (Fsp3) is 0.214. The Morgan fingerprint density at radius 3 is 2.34 bits per heavy atom. The first-order chi connectivity index (χ1) is 17.0. The summed E-state index contributed by atoms with van der Waals surface area (Å²) in [5.41, 5.74) is 11.7. The normalized spacial score (nSPS) is 17.1. The van der Waals surface area contributed by atoms with Crippen LogP contribution in [0.1, 0.15) is 40.7 Å². The zero-order chi connectivity index (χ0) is 24.2. The first kappa shape index (κ1) is 22.7. The van der Waals surface area contributed by atoms with E-state index >= 15 is 0 Å². The van der Waals surface area contributed by atoms with Gasteiger partial charge in [0.25, 0.3) is 11.8 Å². The van der Waals surface area contributed by atoms with Gasteiger partial charge < -0.3 is 16.4 Å². The summed E-state index contributed by atoms with van der Waals surface area (Å²) >= 11 is 0. The maximum absolute atomic E-state index is 12.7. The van der Waals surface area contributed by atoms with E-state index in [-0.39, 0.29) is 0 Å². The zero-order valence-electron chi connectivity index (χ0n) is 19.5. The third-order valence-electron chi connectivity index (χ3n) is 6.39. The van der Waals surface area contributed by atoms with Crippen molar-refractivity contribution in [3.63, 3.8) is 0 Å². The maximum atomic E-state index is 12.7. The van der Waals surface area contributed by atoms with Gasteiger partial charge in [0.2, 0.25) is 0 Å². The van der Waals surface area contributed by atoms with Crippen LogP contribution in [0.4, 0.5) is 22.7 Å². The summed E-state index contributed by atoms with van der Waals surface area (Å²) in [4.78, 5) is 27.6. The molecule has 5 N–H and O–H groups in total. The average molecular weight is 468 g/mol. The quantitative estimate of drug-likeness (QED) is 0.238. The molecular weight excluding hydrogens is 438 g/mol. The molecule has 1 fully saturated rings. The van der Waals surface area contributed by atoms with Gasteiger partial charge in [0.1, 0.15) is 0 Å². The van der Waals surface area contributed by atoms with Crippen molar-refractivity contribution in [1.82, 2.24) is 10.2 Å². The average Bonchev–Trinajstić information content (AvgIpc) is 2.85. The van der Waals surface area contributed by atoms with Crippen molar-refractivity contribution < 1.29 is 9.59 Å². The van der Waals surface area contributed by atoms with Crippen LogP contribution in [0, 0.1) is 0 Å². The van der Waals surface area contributed by atoms with E-state index in [0.717, 1.165) is 36.7 Å². The summed E-state index contributed by atoms with van der Waals surface area (Å²) < 4.78 is 0. The lowest BCUT2D eigenvalue weighted by Crippen LogP contribution is -2.36. The van der Waals surface area contributed by atoms with E-state index in [1.165, 1.54) is 24.8 Å². The minimum absolute atomic E-state index is 0.396. The van der Waals surface area contributed by atoms with Crippen LogP contribution in [0.5, 0.6) is 0 Å². The number of nitrogen functional groups attached to an aromatic ring is 1. The van der Waals surface area contributed by atoms with Gasteiger partial charge in [-0.05, 0) is 80.0 Å². The number of carbonyl (C=O) groups is 2. The molecule has 1 saturated heterocycles. The number of likely N-dealkylation sites (tertiary alicyclic amines) is 1. The predicted octanol–water partition coefficient (Wildman–Crippen LogP) is 4.72. The van der Waals surface area contributed by atoms with Crippen LogP contribution >= 0.6 is 0 Å². The summed E-state index contributed by atoms with van der Waals surface area (Å²) in [6.07, 6.45) is 5.53. The lowest BCUT2D eigenvalue weighted by molar-refractivity contribution is -0.114. The summed E-state index contributed by atoms with van der Waals surface area (Å²) in [7, 11) is 0. The van der Waals surface area contributed by atoms with E-state index in [4.69, 9.17) is 5.73 Å². The van der Waals surface area contributed by atoms with Crippen molar-refractivity contribution >= 4 is 40.1 Å². The van der Waals surface area contributed by atoms with Gasteiger partial charge in [-0.3, -0.25) is 19.8 Å². The first-order valence-corrected chi connectivity index (χ1v) is 12.0. The van der Waals surface area contributed by atoms with Crippen LogP contribution in [0.3, 0.4) is 0 Å². The topological polar surface area (TPSA) is 99.5 Å². The molecule has 0 bridgehead atoms. The van der Waals surface area contributed by atoms with Gasteiger partial charge in [0.05, 0.1) is 5.57 Å². The number of fused-ring (bicyclic) bond motifs is 1. The van der Waals surface area contributed by atoms with E-state index < -0.39 is 11.8 Å².